The SMILES string of the molecule is COC(=O)c1c(-c2ccc(Cl)cc2)csc1NC(=O)CSc1nnc(-c2ccc(N(C)C)cc2)n1C. The average Bonchev–Trinajstić information content (AvgIpc) is 3.46. The molecule has 36 heavy (non-hydrogen) atoms. The molecule has 0 aliphatic carbocycles. The summed E-state index contributed by atoms with van der Waals surface area (Å²) in [5, 5.41) is 14.8. The Hall–Kier alpha value is -3.34. The third-order valence-corrected chi connectivity index (χ3v) is 7.57. The molecular formula is C25H24ClN5O3S2. The molecular weight excluding hydrogens is 518 g/mol. The molecule has 0 saturated carbocycles. The monoisotopic (exact) mass is 541 g/mol. The lowest BCUT2D eigenvalue weighted by molar-refractivity contribution is -0.113. The number of carbonyl (C=O) groups is 2. The fraction of sp³-hybridized carbons (Fsp3) is 0.200. The van der Waals surface area contributed by atoms with E-state index in [4.69, 9.17) is 16.3 Å². The van der Waals surface area contributed by atoms with Crippen molar-refractivity contribution in [3.63, 3.8) is 0 Å². The molecule has 0 bridgehead atoms. The molecule has 8 nitrogen and oxygen atoms in total. The lowest BCUT2D eigenvalue weighted by Gasteiger charge is -2.12. The number of nitrogens with zero attached hydrogens (tertiary/aromatic N) is 4. The molecule has 186 valence electrons. The number of amides is 1. The number of anilines is 2. The largest absolute Gasteiger partial charge is 0.465 e. The normalized spacial score (nSPS) is 10.8. The fourth-order valence-corrected chi connectivity index (χ4v) is 5.30. The van der Waals surface area contributed by atoms with Gasteiger partial charge in [-0.2, -0.15) is 0 Å². The van der Waals surface area contributed by atoms with Crippen molar-refractivity contribution in [2.45, 2.75) is 5.16 Å². The van der Waals surface area contributed by atoms with Gasteiger partial charge in [-0.15, -0.1) is 21.5 Å². The van der Waals surface area contributed by atoms with E-state index in [1.165, 1.54) is 30.2 Å². The molecule has 4 rings (SSSR count). The number of benzene rings is 2. The number of halogens is 1. The van der Waals surface area contributed by atoms with Crippen molar-refractivity contribution in [3.8, 4) is 22.5 Å². The van der Waals surface area contributed by atoms with Crippen LogP contribution in [0, 0.1) is 0 Å². The van der Waals surface area contributed by atoms with Gasteiger partial charge < -0.3 is 19.5 Å². The van der Waals surface area contributed by atoms with Crippen LogP contribution in [-0.2, 0) is 16.6 Å². The Morgan fingerprint density at radius 1 is 1.08 bits per heavy atom. The average molecular weight is 542 g/mol. The first-order valence-corrected chi connectivity index (χ1v) is 13.1. The van der Waals surface area contributed by atoms with Crippen LogP contribution in [0.25, 0.3) is 22.5 Å². The number of thioether (sulfide) groups is 1. The van der Waals surface area contributed by atoms with Gasteiger partial charge in [0.2, 0.25) is 5.91 Å². The number of thiophene rings is 1. The molecule has 0 spiro atoms. The highest BCUT2D eigenvalue weighted by atomic mass is 35.5. The minimum Gasteiger partial charge on any atom is -0.465 e. The summed E-state index contributed by atoms with van der Waals surface area (Å²) in [4.78, 5) is 27.3. The Kier molecular flexibility index (Phi) is 7.97. The second kappa shape index (κ2) is 11.2. The van der Waals surface area contributed by atoms with E-state index in [1.54, 1.807) is 12.1 Å². The van der Waals surface area contributed by atoms with Crippen molar-refractivity contribution < 1.29 is 14.3 Å². The molecule has 0 aliphatic rings. The zero-order chi connectivity index (χ0) is 25.8. The van der Waals surface area contributed by atoms with Gasteiger partial charge in [-0.25, -0.2) is 4.79 Å². The molecule has 0 fully saturated rings. The van der Waals surface area contributed by atoms with Crippen LogP contribution in [0.1, 0.15) is 10.4 Å². The molecule has 2 heterocycles. The number of hydrogen-bond acceptors (Lipinski definition) is 8. The third-order valence-electron chi connectivity index (χ3n) is 5.40. The van der Waals surface area contributed by atoms with Gasteiger partial charge >= 0.3 is 5.97 Å². The highest BCUT2D eigenvalue weighted by Crippen LogP contribution is 2.37. The van der Waals surface area contributed by atoms with Crippen molar-refractivity contribution in [1.29, 1.82) is 0 Å². The van der Waals surface area contributed by atoms with E-state index < -0.39 is 5.97 Å². The number of nitrogens with one attached hydrogen (secondary N) is 1. The molecule has 0 saturated heterocycles. The van der Waals surface area contributed by atoms with Gasteiger partial charge in [0.1, 0.15) is 10.6 Å². The first-order chi connectivity index (χ1) is 17.3. The van der Waals surface area contributed by atoms with E-state index in [1.807, 2.05) is 72.4 Å². The quantitative estimate of drug-likeness (QED) is 0.234. The molecule has 0 aliphatic heterocycles. The predicted octanol–water partition coefficient (Wildman–Crippen LogP) is 5.45. The minimum absolute atomic E-state index is 0.0976. The van der Waals surface area contributed by atoms with E-state index >= 15 is 0 Å². The molecule has 0 atom stereocenters. The summed E-state index contributed by atoms with van der Waals surface area (Å²) in [5.74, 6) is 0.0133. The summed E-state index contributed by atoms with van der Waals surface area (Å²) in [6.45, 7) is 0. The molecule has 1 N–H and O–H groups in total. The van der Waals surface area contributed by atoms with Gasteiger partial charge in [0.15, 0.2) is 11.0 Å². The molecule has 0 radical (unpaired) electrons. The van der Waals surface area contributed by atoms with Gasteiger partial charge in [0.05, 0.1) is 12.9 Å². The van der Waals surface area contributed by atoms with Gasteiger partial charge in [-0.05, 0) is 42.0 Å². The predicted molar refractivity (Wildman–Crippen MR) is 146 cm³/mol. The summed E-state index contributed by atoms with van der Waals surface area (Å²) in [6, 6.07) is 15.1. The molecule has 0 unspecified atom stereocenters. The van der Waals surface area contributed by atoms with Crippen LogP contribution >= 0.6 is 34.7 Å². The molecule has 4 aromatic rings. The van der Waals surface area contributed by atoms with Gasteiger partial charge in [-0.3, -0.25) is 4.79 Å². The Labute approximate surface area is 222 Å². The van der Waals surface area contributed by atoms with Crippen LogP contribution in [0.3, 0.4) is 0 Å². The lowest BCUT2D eigenvalue weighted by Crippen LogP contribution is -2.16. The zero-order valence-electron chi connectivity index (χ0n) is 20.1. The van der Waals surface area contributed by atoms with Crippen molar-refractivity contribution in [2.24, 2.45) is 7.05 Å². The maximum absolute atomic E-state index is 12.8. The highest BCUT2D eigenvalue weighted by Gasteiger charge is 2.23. The van der Waals surface area contributed by atoms with E-state index in [2.05, 4.69) is 15.5 Å². The van der Waals surface area contributed by atoms with E-state index in [9.17, 15) is 9.59 Å². The summed E-state index contributed by atoms with van der Waals surface area (Å²) < 4.78 is 6.83. The zero-order valence-corrected chi connectivity index (χ0v) is 22.5. The summed E-state index contributed by atoms with van der Waals surface area (Å²) >= 11 is 8.52. The number of aromatic nitrogens is 3. The Bertz CT molecular complexity index is 1380. The number of methoxy groups -OCH3 is 1. The van der Waals surface area contributed by atoms with Gasteiger partial charge in [0, 0.05) is 48.4 Å². The molecule has 2 aromatic heterocycles. The number of esters is 1. The maximum Gasteiger partial charge on any atom is 0.341 e. The second-order valence-corrected chi connectivity index (χ2v) is 10.3. The standard InChI is InChI=1S/C25H24ClN5O3S2/c1-30(2)18-11-7-16(8-12-18)22-28-29-25(31(22)3)36-14-20(32)27-23-21(24(33)34-4)19(13-35-23)15-5-9-17(26)10-6-15/h5-13H,14H2,1-4H3,(H,27,32). The number of hydrogen-bond donors (Lipinski definition) is 1. The van der Waals surface area contributed by atoms with E-state index in [0.29, 0.717) is 32.1 Å². The summed E-state index contributed by atoms with van der Waals surface area (Å²) in [6.07, 6.45) is 0. The van der Waals surface area contributed by atoms with Gasteiger partial charge in [0.25, 0.3) is 0 Å². The molecule has 1 amide bonds. The smallest absolute Gasteiger partial charge is 0.341 e. The third kappa shape index (κ3) is 5.56. The van der Waals surface area contributed by atoms with Crippen molar-refractivity contribution in [1.82, 2.24) is 14.8 Å². The second-order valence-electron chi connectivity index (χ2n) is 8.00. The van der Waals surface area contributed by atoms with Crippen LogP contribution in [-0.4, -0.2) is 53.6 Å². The first-order valence-electron chi connectivity index (χ1n) is 10.8. The van der Waals surface area contributed by atoms with Crippen LogP contribution in [0.4, 0.5) is 10.7 Å². The van der Waals surface area contributed by atoms with Crippen LogP contribution in [0.2, 0.25) is 5.02 Å². The summed E-state index contributed by atoms with van der Waals surface area (Å²) in [5.41, 5.74) is 3.81. The lowest BCUT2D eigenvalue weighted by atomic mass is 10.0. The van der Waals surface area contributed by atoms with E-state index in [0.717, 1.165) is 16.8 Å². The minimum atomic E-state index is -0.526. The Morgan fingerprint density at radius 3 is 2.39 bits per heavy atom. The number of carbonyl (C=O) groups excluding carboxylic acids is 2. The Balaban J connectivity index is 1.46. The number of ether oxygens (including phenoxy) is 1. The number of rotatable bonds is 8. The van der Waals surface area contributed by atoms with Crippen LogP contribution in [0.5, 0.6) is 0 Å². The van der Waals surface area contributed by atoms with Crippen molar-refractivity contribution in [3.05, 3.63) is 64.5 Å². The molecule has 2 aromatic carbocycles. The fourth-order valence-electron chi connectivity index (χ4n) is 3.49. The van der Waals surface area contributed by atoms with E-state index in [-0.39, 0.29) is 11.7 Å². The highest BCUT2D eigenvalue weighted by molar-refractivity contribution is 7.99. The van der Waals surface area contributed by atoms with Crippen molar-refractivity contribution in [2.75, 3.05) is 37.2 Å². The summed E-state index contributed by atoms with van der Waals surface area (Å²) in [7, 11) is 7.15. The first kappa shape index (κ1) is 25.7. The van der Waals surface area contributed by atoms with Crippen LogP contribution in [0.15, 0.2) is 59.1 Å². The van der Waals surface area contributed by atoms with Gasteiger partial charge in [-0.1, -0.05) is 35.5 Å². The topological polar surface area (TPSA) is 89.3 Å². The van der Waals surface area contributed by atoms with Crippen LogP contribution < -0.4 is 10.2 Å². The molecule has 11 heteroatoms. The van der Waals surface area contributed by atoms with Crippen molar-refractivity contribution >= 4 is 57.3 Å². The maximum atomic E-state index is 12.8. The Morgan fingerprint density at radius 2 is 1.75 bits per heavy atom.